The summed E-state index contributed by atoms with van der Waals surface area (Å²) in [7, 11) is -3.83. The molecular weight excluding hydrogens is 376 g/mol. The lowest BCUT2D eigenvalue weighted by molar-refractivity contribution is 0.602. The molecule has 102 valence electrons. The highest BCUT2D eigenvalue weighted by atomic mass is 79.9. The molecule has 0 aliphatic rings. The van der Waals surface area contributed by atoms with Crippen molar-refractivity contribution >= 4 is 54.6 Å². The minimum atomic E-state index is -3.83. The SMILES string of the molecule is Cc1[nH]c(=O)sc1S(=O)(=O)Nc1cc(Br)ccc1Cl. The molecule has 0 amide bonds. The monoisotopic (exact) mass is 382 g/mol. The fraction of sp³-hybridized carbons (Fsp3) is 0.100. The average Bonchev–Trinajstić information content (AvgIpc) is 2.63. The lowest BCUT2D eigenvalue weighted by Gasteiger charge is -2.08. The normalized spacial score (nSPS) is 11.5. The van der Waals surface area contributed by atoms with Crippen molar-refractivity contribution in [3.63, 3.8) is 0 Å². The van der Waals surface area contributed by atoms with E-state index in [1.54, 1.807) is 18.2 Å². The van der Waals surface area contributed by atoms with Gasteiger partial charge in [0.1, 0.15) is 0 Å². The van der Waals surface area contributed by atoms with Crippen molar-refractivity contribution in [2.45, 2.75) is 11.1 Å². The molecule has 0 radical (unpaired) electrons. The Kier molecular flexibility index (Phi) is 4.05. The molecule has 19 heavy (non-hydrogen) atoms. The molecule has 1 heterocycles. The van der Waals surface area contributed by atoms with E-state index in [9.17, 15) is 13.2 Å². The summed E-state index contributed by atoms with van der Waals surface area (Å²) < 4.78 is 27.3. The van der Waals surface area contributed by atoms with E-state index in [1.807, 2.05) is 0 Å². The van der Waals surface area contributed by atoms with Gasteiger partial charge in [0.25, 0.3) is 10.0 Å². The van der Waals surface area contributed by atoms with Crippen LogP contribution in [-0.2, 0) is 10.0 Å². The van der Waals surface area contributed by atoms with Gasteiger partial charge in [-0.05, 0) is 25.1 Å². The summed E-state index contributed by atoms with van der Waals surface area (Å²) in [4.78, 5) is 13.2. The molecule has 0 atom stereocenters. The number of hydrogen-bond donors (Lipinski definition) is 2. The standard InChI is InChI=1S/C10H8BrClN2O3S2/c1-5-9(18-10(15)13-5)19(16,17)14-8-4-6(11)2-3-7(8)12/h2-4,14H,1H3,(H,13,15). The maximum absolute atomic E-state index is 12.2. The Morgan fingerprint density at radius 1 is 1.42 bits per heavy atom. The first kappa shape index (κ1) is 14.6. The number of nitrogens with one attached hydrogen (secondary N) is 2. The van der Waals surface area contributed by atoms with Crippen LogP contribution in [0, 0.1) is 6.92 Å². The number of aromatic amines is 1. The van der Waals surface area contributed by atoms with Crippen LogP contribution in [0.15, 0.2) is 31.7 Å². The summed E-state index contributed by atoms with van der Waals surface area (Å²) in [6.07, 6.45) is 0. The zero-order valence-electron chi connectivity index (χ0n) is 9.53. The van der Waals surface area contributed by atoms with E-state index < -0.39 is 14.9 Å². The summed E-state index contributed by atoms with van der Waals surface area (Å²) >= 11 is 9.79. The molecule has 0 saturated heterocycles. The fourth-order valence-corrected chi connectivity index (χ4v) is 4.37. The molecule has 1 aromatic heterocycles. The number of halogens is 2. The number of rotatable bonds is 3. The lowest BCUT2D eigenvalue weighted by Crippen LogP contribution is -2.13. The molecule has 5 nitrogen and oxygen atoms in total. The van der Waals surface area contributed by atoms with Crippen molar-refractivity contribution in [1.82, 2.24) is 4.98 Å². The first-order valence-corrected chi connectivity index (χ1v) is 8.44. The number of aromatic nitrogens is 1. The first-order valence-electron chi connectivity index (χ1n) is 4.97. The Bertz CT molecular complexity index is 782. The van der Waals surface area contributed by atoms with Crippen LogP contribution in [0.2, 0.25) is 5.02 Å². The lowest BCUT2D eigenvalue weighted by atomic mass is 10.3. The number of anilines is 1. The smallest absolute Gasteiger partial charge is 0.306 e. The summed E-state index contributed by atoms with van der Waals surface area (Å²) in [5, 5.41) is 0.271. The quantitative estimate of drug-likeness (QED) is 0.855. The van der Waals surface area contributed by atoms with Gasteiger partial charge in [0.15, 0.2) is 4.21 Å². The third-order valence-corrected chi connectivity index (χ3v) is 5.99. The van der Waals surface area contributed by atoms with Crippen molar-refractivity contribution < 1.29 is 8.42 Å². The van der Waals surface area contributed by atoms with Gasteiger partial charge in [-0.1, -0.05) is 38.9 Å². The van der Waals surface area contributed by atoms with E-state index in [-0.39, 0.29) is 14.9 Å². The molecular formula is C10H8BrClN2O3S2. The molecule has 2 N–H and O–H groups in total. The van der Waals surface area contributed by atoms with E-state index in [1.165, 1.54) is 6.92 Å². The minimum Gasteiger partial charge on any atom is -0.315 e. The predicted octanol–water partition coefficient (Wildman–Crippen LogP) is 2.96. The number of sulfonamides is 1. The number of hydrogen-bond acceptors (Lipinski definition) is 4. The molecule has 0 aliphatic heterocycles. The van der Waals surface area contributed by atoms with Crippen molar-refractivity contribution in [3.8, 4) is 0 Å². The van der Waals surface area contributed by atoms with Crippen LogP contribution >= 0.6 is 38.9 Å². The molecule has 2 aromatic rings. The molecule has 2 rings (SSSR count). The minimum absolute atomic E-state index is 0.0476. The van der Waals surface area contributed by atoms with Crippen LogP contribution in [0.5, 0.6) is 0 Å². The second-order valence-corrected chi connectivity index (χ2v) is 7.84. The van der Waals surface area contributed by atoms with Crippen LogP contribution in [0.4, 0.5) is 5.69 Å². The fourth-order valence-electron chi connectivity index (χ4n) is 1.41. The third-order valence-electron chi connectivity index (χ3n) is 2.20. The van der Waals surface area contributed by atoms with Crippen LogP contribution in [0.25, 0.3) is 0 Å². The van der Waals surface area contributed by atoms with Crippen molar-refractivity contribution in [1.29, 1.82) is 0 Å². The van der Waals surface area contributed by atoms with Gasteiger partial charge >= 0.3 is 4.87 Å². The highest BCUT2D eigenvalue weighted by Crippen LogP contribution is 2.28. The molecule has 0 spiro atoms. The maximum atomic E-state index is 12.2. The van der Waals surface area contributed by atoms with E-state index in [4.69, 9.17) is 11.6 Å². The maximum Gasteiger partial charge on any atom is 0.306 e. The number of H-pyrrole nitrogens is 1. The number of aryl methyl sites for hydroxylation is 1. The largest absolute Gasteiger partial charge is 0.315 e. The van der Waals surface area contributed by atoms with Crippen LogP contribution in [0.3, 0.4) is 0 Å². The van der Waals surface area contributed by atoms with E-state index in [0.717, 1.165) is 0 Å². The van der Waals surface area contributed by atoms with Gasteiger partial charge in [0.2, 0.25) is 0 Å². The van der Waals surface area contributed by atoms with Gasteiger partial charge in [0.05, 0.1) is 10.7 Å². The highest BCUT2D eigenvalue weighted by molar-refractivity contribution is 9.10. The highest BCUT2D eigenvalue weighted by Gasteiger charge is 2.21. The van der Waals surface area contributed by atoms with Gasteiger partial charge < -0.3 is 4.98 Å². The number of thiazole rings is 1. The molecule has 0 fully saturated rings. The summed E-state index contributed by atoms with van der Waals surface area (Å²) in [5.41, 5.74) is 0.546. The molecule has 9 heteroatoms. The zero-order valence-corrected chi connectivity index (χ0v) is 13.5. The Hall–Kier alpha value is -0.830. The van der Waals surface area contributed by atoms with Gasteiger partial charge in [-0.2, -0.15) is 0 Å². The molecule has 0 aliphatic carbocycles. The van der Waals surface area contributed by atoms with Gasteiger partial charge in [-0.15, -0.1) is 0 Å². The third kappa shape index (κ3) is 3.19. The second-order valence-electron chi connectivity index (χ2n) is 3.66. The molecule has 1 aromatic carbocycles. The van der Waals surface area contributed by atoms with Gasteiger partial charge in [0, 0.05) is 10.2 Å². The first-order chi connectivity index (χ1) is 8.79. The molecule has 0 bridgehead atoms. The van der Waals surface area contributed by atoms with Gasteiger partial charge in [-0.25, -0.2) is 8.42 Å². The van der Waals surface area contributed by atoms with Crippen molar-refractivity contribution in [2.75, 3.05) is 4.72 Å². The van der Waals surface area contributed by atoms with E-state index in [0.29, 0.717) is 21.5 Å². The van der Waals surface area contributed by atoms with Crippen LogP contribution in [-0.4, -0.2) is 13.4 Å². The van der Waals surface area contributed by atoms with E-state index >= 15 is 0 Å². The summed E-state index contributed by atoms with van der Waals surface area (Å²) in [6, 6.07) is 4.81. The summed E-state index contributed by atoms with van der Waals surface area (Å²) in [5.74, 6) is 0. The Labute approximate surface area is 126 Å². The second kappa shape index (κ2) is 5.28. The molecule has 0 unspecified atom stereocenters. The summed E-state index contributed by atoms with van der Waals surface area (Å²) in [6.45, 7) is 1.52. The predicted molar refractivity (Wildman–Crippen MR) is 79.6 cm³/mol. The number of benzene rings is 1. The van der Waals surface area contributed by atoms with Gasteiger partial charge in [-0.3, -0.25) is 9.52 Å². The van der Waals surface area contributed by atoms with Crippen LogP contribution < -0.4 is 9.60 Å². The van der Waals surface area contributed by atoms with Crippen molar-refractivity contribution in [2.24, 2.45) is 0 Å². The Morgan fingerprint density at radius 3 is 2.68 bits per heavy atom. The Balaban J connectivity index is 2.45. The Morgan fingerprint density at radius 2 is 2.11 bits per heavy atom. The zero-order chi connectivity index (χ0) is 14.2. The van der Waals surface area contributed by atoms with Crippen LogP contribution in [0.1, 0.15) is 5.69 Å². The van der Waals surface area contributed by atoms with Crippen molar-refractivity contribution in [3.05, 3.63) is 43.1 Å². The average molecular weight is 384 g/mol. The molecule has 0 saturated carbocycles. The topological polar surface area (TPSA) is 79.0 Å². The van der Waals surface area contributed by atoms with E-state index in [2.05, 4.69) is 25.6 Å².